The number of rotatable bonds is 8. The van der Waals surface area contributed by atoms with Gasteiger partial charge < -0.3 is 16.0 Å². The highest BCUT2D eigenvalue weighted by molar-refractivity contribution is 7.92. The van der Waals surface area contributed by atoms with Gasteiger partial charge in [-0.3, -0.25) is 9.52 Å². The van der Waals surface area contributed by atoms with Crippen molar-refractivity contribution in [2.45, 2.75) is 17.7 Å². The average Bonchev–Trinajstić information content (AvgIpc) is 2.84. The van der Waals surface area contributed by atoms with E-state index in [0.29, 0.717) is 22.9 Å². The van der Waals surface area contributed by atoms with Crippen molar-refractivity contribution < 1.29 is 13.2 Å². The molecule has 0 aliphatic carbocycles. The van der Waals surface area contributed by atoms with Gasteiger partial charge in [0.25, 0.3) is 15.9 Å². The average molecular weight is 465 g/mol. The highest BCUT2D eigenvalue weighted by Gasteiger charge is 2.15. The first-order chi connectivity index (χ1) is 16.0. The topological polar surface area (TPSA) is 99.3 Å². The molecule has 172 valence electrons. The van der Waals surface area contributed by atoms with E-state index in [-0.39, 0.29) is 10.8 Å². The minimum Gasteiger partial charge on any atom is -0.385 e. The molecule has 1 amide bonds. The molecule has 3 aromatic carbocycles. The second-order valence-electron chi connectivity index (χ2n) is 8.11. The lowest BCUT2D eigenvalue weighted by atomic mass is 9.98. The number of benzene rings is 3. The van der Waals surface area contributed by atoms with Crippen LogP contribution in [0.5, 0.6) is 0 Å². The molecule has 1 saturated heterocycles. The number of amides is 1. The summed E-state index contributed by atoms with van der Waals surface area (Å²) in [4.78, 5) is 12.8. The van der Waals surface area contributed by atoms with Gasteiger partial charge in [0.15, 0.2) is 0 Å². The zero-order chi connectivity index (χ0) is 23.1. The Balaban J connectivity index is 1.36. The second-order valence-corrected chi connectivity index (χ2v) is 9.79. The fraction of sp³-hybridized carbons (Fsp3) is 0.240. The Morgan fingerprint density at radius 3 is 2.27 bits per heavy atom. The van der Waals surface area contributed by atoms with Crippen LogP contribution in [0, 0.1) is 5.92 Å². The summed E-state index contributed by atoms with van der Waals surface area (Å²) in [6, 6.07) is 22.2. The molecular formula is C25H28N4O3S. The second kappa shape index (κ2) is 10.5. The van der Waals surface area contributed by atoms with Crippen molar-refractivity contribution in [1.82, 2.24) is 5.32 Å². The highest BCUT2D eigenvalue weighted by Crippen LogP contribution is 2.20. The maximum absolute atomic E-state index is 12.7. The lowest BCUT2D eigenvalue weighted by Crippen LogP contribution is -2.31. The number of piperidine rings is 1. The Kier molecular flexibility index (Phi) is 7.26. The van der Waals surface area contributed by atoms with Crippen molar-refractivity contribution in [3.05, 3.63) is 84.4 Å². The fourth-order valence-electron chi connectivity index (χ4n) is 3.76. The van der Waals surface area contributed by atoms with E-state index in [9.17, 15) is 13.2 Å². The summed E-state index contributed by atoms with van der Waals surface area (Å²) in [6.45, 7) is 2.99. The Morgan fingerprint density at radius 1 is 0.848 bits per heavy atom. The molecule has 0 spiro atoms. The van der Waals surface area contributed by atoms with Gasteiger partial charge in [0.05, 0.1) is 4.90 Å². The SMILES string of the molecule is O=C(Nc1ccc(S(=O)(=O)Nc2ccccc2)cc1)c1cccc(NCC2CCNCC2)c1. The quantitative estimate of drug-likeness (QED) is 0.401. The molecular weight excluding hydrogens is 436 g/mol. The van der Waals surface area contributed by atoms with Crippen LogP contribution in [0.15, 0.2) is 83.8 Å². The minimum atomic E-state index is -3.71. The first-order valence-corrected chi connectivity index (χ1v) is 12.5. The van der Waals surface area contributed by atoms with E-state index >= 15 is 0 Å². The van der Waals surface area contributed by atoms with E-state index in [0.717, 1.165) is 38.2 Å². The molecule has 7 nitrogen and oxygen atoms in total. The van der Waals surface area contributed by atoms with Crippen LogP contribution in [-0.2, 0) is 10.0 Å². The van der Waals surface area contributed by atoms with Crippen molar-refractivity contribution in [3.63, 3.8) is 0 Å². The Morgan fingerprint density at radius 2 is 1.55 bits per heavy atom. The van der Waals surface area contributed by atoms with E-state index in [1.165, 1.54) is 12.1 Å². The lowest BCUT2D eigenvalue weighted by Gasteiger charge is -2.23. The number of nitrogens with one attached hydrogen (secondary N) is 4. The summed E-state index contributed by atoms with van der Waals surface area (Å²) in [5, 5.41) is 9.63. The van der Waals surface area contributed by atoms with E-state index in [4.69, 9.17) is 0 Å². The highest BCUT2D eigenvalue weighted by atomic mass is 32.2. The Hall–Kier alpha value is -3.36. The van der Waals surface area contributed by atoms with E-state index in [1.807, 2.05) is 24.3 Å². The monoisotopic (exact) mass is 464 g/mol. The summed E-state index contributed by atoms with van der Waals surface area (Å²) in [5.41, 5.74) is 2.46. The first-order valence-electron chi connectivity index (χ1n) is 11.0. The Bertz CT molecular complexity index is 1180. The van der Waals surface area contributed by atoms with Gasteiger partial charge in [-0.25, -0.2) is 8.42 Å². The van der Waals surface area contributed by atoms with Crippen LogP contribution in [0.1, 0.15) is 23.2 Å². The number of carbonyl (C=O) groups is 1. The van der Waals surface area contributed by atoms with Crippen molar-refractivity contribution in [3.8, 4) is 0 Å². The summed E-state index contributed by atoms with van der Waals surface area (Å²) in [6.07, 6.45) is 2.31. The predicted molar refractivity (Wildman–Crippen MR) is 132 cm³/mol. The number of para-hydroxylation sites is 1. The predicted octanol–water partition coefficient (Wildman–Crippen LogP) is 4.15. The van der Waals surface area contributed by atoms with E-state index < -0.39 is 10.0 Å². The Labute approximate surface area is 194 Å². The molecule has 0 saturated carbocycles. The molecule has 1 heterocycles. The van der Waals surface area contributed by atoms with Gasteiger partial charge in [-0.05, 0) is 86.4 Å². The fourth-order valence-corrected chi connectivity index (χ4v) is 4.82. The third kappa shape index (κ3) is 6.34. The normalized spacial score (nSPS) is 14.4. The molecule has 1 aliphatic heterocycles. The molecule has 0 aromatic heterocycles. The molecule has 33 heavy (non-hydrogen) atoms. The number of carbonyl (C=O) groups excluding carboxylic acids is 1. The summed E-state index contributed by atoms with van der Waals surface area (Å²) in [5.74, 6) is 0.383. The van der Waals surface area contributed by atoms with Gasteiger partial charge in [-0.15, -0.1) is 0 Å². The minimum absolute atomic E-state index is 0.119. The molecule has 0 radical (unpaired) electrons. The van der Waals surface area contributed by atoms with Gasteiger partial charge >= 0.3 is 0 Å². The molecule has 1 fully saturated rings. The van der Waals surface area contributed by atoms with E-state index in [2.05, 4.69) is 20.7 Å². The van der Waals surface area contributed by atoms with Gasteiger partial charge in [0.1, 0.15) is 0 Å². The molecule has 3 aromatic rings. The maximum atomic E-state index is 12.7. The van der Waals surface area contributed by atoms with Crippen LogP contribution < -0.4 is 20.7 Å². The number of hydrogen-bond acceptors (Lipinski definition) is 5. The number of anilines is 3. The molecule has 0 bridgehead atoms. The van der Waals surface area contributed by atoms with Gasteiger partial charge in [0.2, 0.25) is 0 Å². The van der Waals surface area contributed by atoms with Gasteiger partial charge in [0, 0.05) is 29.2 Å². The summed E-state index contributed by atoms with van der Waals surface area (Å²) >= 11 is 0. The third-order valence-corrected chi connectivity index (χ3v) is 7.02. The maximum Gasteiger partial charge on any atom is 0.261 e. The van der Waals surface area contributed by atoms with Crippen LogP contribution in [-0.4, -0.2) is 34.0 Å². The van der Waals surface area contributed by atoms with Gasteiger partial charge in [-0.1, -0.05) is 24.3 Å². The zero-order valence-corrected chi connectivity index (χ0v) is 19.1. The number of hydrogen-bond donors (Lipinski definition) is 4. The molecule has 0 unspecified atom stereocenters. The smallest absolute Gasteiger partial charge is 0.261 e. The molecule has 4 rings (SSSR count). The molecule has 4 N–H and O–H groups in total. The van der Waals surface area contributed by atoms with Crippen molar-refractivity contribution in [2.24, 2.45) is 5.92 Å². The third-order valence-electron chi connectivity index (χ3n) is 5.63. The largest absolute Gasteiger partial charge is 0.385 e. The molecule has 8 heteroatoms. The summed E-state index contributed by atoms with van der Waals surface area (Å²) in [7, 11) is -3.71. The van der Waals surface area contributed by atoms with Crippen LogP contribution in [0.25, 0.3) is 0 Å². The van der Waals surface area contributed by atoms with Crippen molar-refractivity contribution in [1.29, 1.82) is 0 Å². The van der Waals surface area contributed by atoms with Crippen molar-refractivity contribution >= 4 is 33.0 Å². The lowest BCUT2D eigenvalue weighted by molar-refractivity contribution is 0.102. The molecule has 1 aliphatic rings. The van der Waals surface area contributed by atoms with E-state index in [1.54, 1.807) is 42.5 Å². The standard InChI is InChI=1S/C25H28N4O3S/c30-25(20-5-4-8-23(17-20)27-18-19-13-15-26-16-14-19)28-21-9-11-24(12-10-21)33(31,32)29-22-6-2-1-3-7-22/h1-12,17,19,26-27,29H,13-16,18H2,(H,28,30). The van der Waals surface area contributed by atoms with Crippen LogP contribution in [0.4, 0.5) is 17.1 Å². The van der Waals surface area contributed by atoms with Crippen LogP contribution >= 0.6 is 0 Å². The van der Waals surface area contributed by atoms with Crippen LogP contribution in [0.3, 0.4) is 0 Å². The van der Waals surface area contributed by atoms with Crippen molar-refractivity contribution in [2.75, 3.05) is 35.0 Å². The van der Waals surface area contributed by atoms with Crippen LogP contribution in [0.2, 0.25) is 0 Å². The number of sulfonamides is 1. The van der Waals surface area contributed by atoms with Gasteiger partial charge in [-0.2, -0.15) is 0 Å². The molecule has 0 atom stereocenters. The zero-order valence-electron chi connectivity index (χ0n) is 18.3. The first kappa shape index (κ1) is 22.8. The summed E-state index contributed by atoms with van der Waals surface area (Å²) < 4.78 is 27.7.